The van der Waals surface area contributed by atoms with Gasteiger partial charge in [-0.3, -0.25) is 4.79 Å². The molecule has 0 saturated carbocycles. The average molecular weight is 470 g/mol. The van der Waals surface area contributed by atoms with Crippen molar-refractivity contribution < 1.29 is 17.6 Å². The highest BCUT2D eigenvalue weighted by atomic mass is 35.5. The van der Waals surface area contributed by atoms with E-state index in [4.69, 9.17) is 16.0 Å². The van der Waals surface area contributed by atoms with Crippen molar-refractivity contribution in [2.24, 2.45) is 0 Å². The topological polar surface area (TPSA) is 112 Å². The Bertz CT molecular complexity index is 1260. The van der Waals surface area contributed by atoms with Crippen LogP contribution in [-0.2, 0) is 21.4 Å². The van der Waals surface area contributed by atoms with Gasteiger partial charge in [0.15, 0.2) is 0 Å². The van der Waals surface area contributed by atoms with Gasteiger partial charge in [-0.2, -0.15) is 5.26 Å². The third-order valence-corrected chi connectivity index (χ3v) is 6.21. The molecule has 0 saturated heterocycles. The Morgan fingerprint density at radius 2 is 1.81 bits per heavy atom. The second-order valence-corrected chi connectivity index (χ2v) is 9.06. The fourth-order valence-electron chi connectivity index (χ4n) is 2.82. The van der Waals surface area contributed by atoms with Crippen LogP contribution in [0, 0.1) is 11.3 Å². The SMILES string of the molecule is C[C@H](NC(=O)/C(C#N)=C\c1ccc(CNS(=O)(=O)c2ccc(Cl)cc2)o1)c1ccccc1. The molecule has 0 spiro atoms. The first-order valence-electron chi connectivity index (χ1n) is 9.60. The molecular weight excluding hydrogens is 450 g/mol. The lowest BCUT2D eigenvalue weighted by Crippen LogP contribution is -2.27. The number of sulfonamides is 1. The molecule has 0 bridgehead atoms. The number of furan rings is 1. The van der Waals surface area contributed by atoms with Crippen LogP contribution in [0.3, 0.4) is 0 Å². The lowest BCUT2D eigenvalue weighted by Gasteiger charge is -2.13. The Labute approximate surface area is 191 Å². The first-order chi connectivity index (χ1) is 15.3. The molecule has 0 aliphatic carbocycles. The minimum absolute atomic E-state index is 0.0737. The predicted molar refractivity (Wildman–Crippen MR) is 121 cm³/mol. The highest BCUT2D eigenvalue weighted by Crippen LogP contribution is 2.17. The van der Waals surface area contributed by atoms with Crippen molar-refractivity contribution in [3.63, 3.8) is 0 Å². The lowest BCUT2D eigenvalue weighted by atomic mass is 10.1. The van der Waals surface area contributed by atoms with Crippen LogP contribution in [0.1, 0.15) is 30.0 Å². The second-order valence-electron chi connectivity index (χ2n) is 6.86. The van der Waals surface area contributed by atoms with E-state index in [-0.39, 0.29) is 28.8 Å². The summed E-state index contributed by atoms with van der Waals surface area (Å²) in [7, 11) is -3.75. The molecule has 1 atom stereocenters. The van der Waals surface area contributed by atoms with E-state index in [9.17, 15) is 18.5 Å². The first-order valence-corrected chi connectivity index (χ1v) is 11.5. The molecule has 0 aliphatic heterocycles. The summed E-state index contributed by atoms with van der Waals surface area (Å²) in [5, 5.41) is 12.6. The van der Waals surface area contributed by atoms with Gasteiger partial charge in [0.1, 0.15) is 23.2 Å². The molecule has 7 nitrogen and oxygen atoms in total. The number of nitrogens with one attached hydrogen (secondary N) is 2. The van der Waals surface area contributed by atoms with Gasteiger partial charge in [-0.15, -0.1) is 0 Å². The van der Waals surface area contributed by atoms with E-state index in [1.54, 1.807) is 12.1 Å². The van der Waals surface area contributed by atoms with Crippen molar-refractivity contribution in [1.82, 2.24) is 10.0 Å². The Hall–Kier alpha value is -3.38. The maximum atomic E-state index is 12.5. The summed E-state index contributed by atoms with van der Waals surface area (Å²) in [6, 6.07) is 19.8. The van der Waals surface area contributed by atoms with Crippen molar-refractivity contribution in [3.8, 4) is 6.07 Å². The molecule has 3 aromatic rings. The van der Waals surface area contributed by atoms with E-state index in [2.05, 4.69) is 10.0 Å². The van der Waals surface area contributed by atoms with E-state index in [0.717, 1.165) is 5.56 Å². The summed E-state index contributed by atoms with van der Waals surface area (Å²) >= 11 is 5.78. The molecule has 1 aromatic heterocycles. The van der Waals surface area contributed by atoms with E-state index < -0.39 is 15.9 Å². The highest BCUT2D eigenvalue weighted by Gasteiger charge is 2.16. The summed E-state index contributed by atoms with van der Waals surface area (Å²) in [5.41, 5.74) is 0.779. The Kier molecular flexibility index (Phi) is 7.49. The van der Waals surface area contributed by atoms with Crippen LogP contribution in [0.2, 0.25) is 5.02 Å². The van der Waals surface area contributed by atoms with Gasteiger partial charge in [0.25, 0.3) is 5.91 Å². The number of benzene rings is 2. The zero-order valence-corrected chi connectivity index (χ0v) is 18.7. The van der Waals surface area contributed by atoms with E-state index in [1.807, 2.05) is 43.3 Å². The van der Waals surface area contributed by atoms with Crippen LogP contribution in [-0.4, -0.2) is 14.3 Å². The number of halogens is 1. The normalized spacial score (nSPS) is 12.7. The molecule has 0 fully saturated rings. The highest BCUT2D eigenvalue weighted by molar-refractivity contribution is 7.89. The number of carbonyl (C=O) groups excluding carboxylic acids is 1. The molecule has 164 valence electrons. The van der Waals surface area contributed by atoms with Gasteiger partial charge in [0.05, 0.1) is 17.5 Å². The van der Waals surface area contributed by atoms with E-state index >= 15 is 0 Å². The average Bonchev–Trinajstić information content (AvgIpc) is 3.24. The van der Waals surface area contributed by atoms with Gasteiger partial charge in [-0.25, -0.2) is 13.1 Å². The van der Waals surface area contributed by atoms with Crippen LogP contribution >= 0.6 is 11.6 Å². The molecule has 2 aromatic carbocycles. The van der Waals surface area contributed by atoms with E-state index in [0.29, 0.717) is 10.8 Å². The standard InChI is InChI=1S/C23H20ClN3O4S/c1-16(17-5-3-2-4-6-17)27-23(28)18(14-25)13-20-9-10-21(31-20)15-26-32(29,30)22-11-7-19(24)8-12-22/h2-13,16,26H,15H2,1H3,(H,27,28)/b18-13-/t16-/m0/s1. The fraction of sp³-hybridized carbons (Fsp3) is 0.130. The molecule has 1 heterocycles. The number of rotatable bonds is 8. The second kappa shape index (κ2) is 10.3. The number of carbonyl (C=O) groups is 1. The molecule has 0 aliphatic rings. The minimum atomic E-state index is -3.75. The molecule has 9 heteroatoms. The minimum Gasteiger partial charge on any atom is -0.460 e. The summed E-state index contributed by atoms with van der Waals surface area (Å²) in [4.78, 5) is 12.5. The molecular formula is C23H20ClN3O4S. The number of nitrogens with zero attached hydrogens (tertiary/aromatic N) is 1. The van der Waals surface area contributed by atoms with Gasteiger partial charge >= 0.3 is 0 Å². The lowest BCUT2D eigenvalue weighted by molar-refractivity contribution is -0.117. The third kappa shape index (κ3) is 6.08. The molecule has 0 radical (unpaired) electrons. The van der Waals surface area contributed by atoms with Gasteiger partial charge in [-0.05, 0) is 48.9 Å². The van der Waals surface area contributed by atoms with Crippen LogP contribution in [0.5, 0.6) is 0 Å². The number of hydrogen-bond acceptors (Lipinski definition) is 5. The van der Waals surface area contributed by atoms with Crippen molar-refractivity contribution in [2.45, 2.75) is 24.4 Å². The van der Waals surface area contributed by atoms with E-state index in [1.165, 1.54) is 30.3 Å². The number of amides is 1. The van der Waals surface area contributed by atoms with Crippen molar-refractivity contribution in [1.29, 1.82) is 5.26 Å². The number of nitriles is 1. The zero-order chi connectivity index (χ0) is 23.1. The molecule has 0 unspecified atom stereocenters. The molecule has 1 amide bonds. The molecule has 2 N–H and O–H groups in total. The number of hydrogen-bond donors (Lipinski definition) is 2. The third-order valence-electron chi connectivity index (χ3n) is 4.54. The summed E-state index contributed by atoms with van der Waals surface area (Å²) < 4.78 is 32.7. The summed E-state index contributed by atoms with van der Waals surface area (Å²) in [5.74, 6) is 0.0409. The Balaban J connectivity index is 1.65. The smallest absolute Gasteiger partial charge is 0.262 e. The van der Waals surface area contributed by atoms with Gasteiger partial charge in [0, 0.05) is 11.1 Å². The first kappa shape index (κ1) is 23.3. The predicted octanol–water partition coefficient (Wildman–Crippen LogP) is 4.20. The summed E-state index contributed by atoms with van der Waals surface area (Å²) in [6.45, 7) is 1.72. The van der Waals surface area contributed by atoms with Crippen molar-refractivity contribution in [2.75, 3.05) is 0 Å². The van der Waals surface area contributed by atoms with Crippen LogP contribution < -0.4 is 10.0 Å². The van der Waals surface area contributed by atoms with Gasteiger partial charge in [-0.1, -0.05) is 41.9 Å². The largest absolute Gasteiger partial charge is 0.460 e. The maximum Gasteiger partial charge on any atom is 0.262 e. The fourth-order valence-corrected chi connectivity index (χ4v) is 3.94. The van der Waals surface area contributed by atoms with Crippen LogP contribution in [0.15, 0.2) is 81.6 Å². The van der Waals surface area contributed by atoms with Crippen LogP contribution in [0.4, 0.5) is 0 Å². The van der Waals surface area contributed by atoms with Gasteiger partial charge < -0.3 is 9.73 Å². The van der Waals surface area contributed by atoms with Crippen molar-refractivity contribution >= 4 is 33.6 Å². The Morgan fingerprint density at radius 1 is 1.12 bits per heavy atom. The monoisotopic (exact) mass is 469 g/mol. The summed E-state index contributed by atoms with van der Waals surface area (Å²) in [6.07, 6.45) is 1.31. The molecule has 3 rings (SSSR count). The maximum absolute atomic E-state index is 12.5. The zero-order valence-electron chi connectivity index (χ0n) is 17.1. The quantitative estimate of drug-likeness (QED) is 0.379. The molecule has 32 heavy (non-hydrogen) atoms. The van der Waals surface area contributed by atoms with Crippen LogP contribution in [0.25, 0.3) is 6.08 Å². The Morgan fingerprint density at radius 3 is 2.47 bits per heavy atom. The van der Waals surface area contributed by atoms with Crippen molar-refractivity contribution in [3.05, 3.63) is 94.4 Å². The van der Waals surface area contributed by atoms with Gasteiger partial charge in [0.2, 0.25) is 10.0 Å².